The molecule has 2 N–H and O–H groups in total. The molecule has 0 saturated carbocycles. The molecule has 0 saturated heterocycles. The maximum atomic E-state index is 12.6. The van der Waals surface area contributed by atoms with E-state index >= 15 is 0 Å². The molecule has 4 rings (SSSR count). The Kier molecular flexibility index (Phi) is 3.22. The number of benzene rings is 1. The van der Waals surface area contributed by atoms with Gasteiger partial charge in [-0.3, -0.25) is 4.79 Å². The van der Waals surface area contributed by atoms with E-state index in [-0.39, 0.29) is 11.9 Å². The first kappa shape index (κ1) is 14.1. The highest BCUT2D eigenvalue weighted by Gasteiger charge is 2.27. The van der Waals surface area contributed by atoms with Crippen molar-refractivity contribution in [1.29, 1.82) is 0 Å². The third kappa shape index (κ3) is 2.23. The van der Waals surface area contributed by atoms with Gasteiger partial charge in [-0.1, -0.05) is 23.4 Å². The molecule has 23 heavy (non-hydrogen) atoms. The van der Waals surface area contributed by atoms with Crippen LogP contribution in [0.3, 0.4) is 0 Å². The minimum absolute atomic E-state index is 0.00681. The average Bonchev–Trinajstić information content (AvgIpc) is 3.08. The minimum Gasteiger partial charge on any atom is -0.361 e. The lowest BCUT2D eigenvalue weighted by Gasteiger charge is -2.23. The van der Waals surface area contributed by atoms with E-state index in [1.807, 2.05) is 6.07 Å². The van der Waals surface area contributed by atoms with Gasteiger partial charge in [-0.15, -0.1) is 0 Å². The quantitative estimate of drug-likeness (QED) is 0.760. The van der Waals surface area contributed by atoms with Gasteiger partial charge in [0.25, 0.3) is 5.91 Å². The van der Waals surface area contributed by atoms with E-state index < -0.39 is 0 Å². The number of fused-ring (bicyclic) bond motifs is 3. The van der Waals surface area contributed by atoms with Crippen LogP contribution in [0, 0.1) is 13.8 Å². The Hall–Kier alpha value is -2.56. The number of aromatic amines is 1. The summed E-state index contributed by atoms with van der Waals surface area (Å²) in [5.41, 5.74) is 4.78. The van der Waals surface area contributed by atoms with Gasteiger partial charge in [-0.2, -0.15) is 0 Å². The van der Waals surface area contributed by atoms with Crippen molar-refractivity contribution in [2.24, 2.45) is 0 Å². The maximum Gasteiger partial charge on any atom is 0.257 e. The van der Waals surface area contributed by atoms with Crippen molar-refractivity contribution in [2.75, 3.05) is 0 Å². The van der Waals surface area contributed by atoms with E-state index in [4.69, 9.17) is 4.52 Å². The fourth-order valence-corrected chi connectivity index (χ4v) is 3.60. The summed E-state index contributed by atoms with van der Waals surface area (Å²) in [5, 5.41) is 8.28. The van der Waals surface area contributed by atoms with Gasteiger partial charge in [-0.05, 0) is 44.7 Å². The molecular formula is C18H19N3O2. The van der Waals surface area contributed by atoms with Gasteiger partial charge in [0.05, 0.1) is 11.7 Å². The highest BCUT2D eigenvalue weighted by molar-refractivity contribution is 5.96. The van der Waals surface area contributed by atoms with Crippen LogP contribution >= 0.6 is 0 Å². The normalized spacial score (nSPS) is 17.2. The molecule has 0 radical (unpaired) electrons. The van der Waals surface area contributed by atoms with Crippen molar-refractivity contribution < 1.29 is 9.32 Å². The average molecular weight is 309 g/mol. The number of nitrogens with one attached hydrogen (secondary N) is 2. The number of hydrogen-bond acceptors (Lipinski definition) is 3. The predicted octanol–water partition coefficient (Wildman–Crippen LogP) is 3.58. The van der Waals surface area contributed by atoms with E-state index in [0.29, 0.717) is 17.0 Å². The molecule has 5 heteroatoms. The maximum absolute atomic E-state index is 12.6. The van der Waals surface area contributed by atoms with Gasteiger partial charge in [0.1, 0.15) is 11.3 Å². The van der Waals surface area contributed by atoms with Crippen molar-refractivity contribution in [1.82, 2.24) is 15.5 Å². The van der Waals surface area contributed by atoms with Crippen molar-refractivity contribution in [2.45, 2.75) is 39.2 Å². The van der Waals surface area contributed by atoms with E-state index in [9.17, 15) is 4.79 Å². The van der Waals surface area contributed by atoms with Gasteiger partial charge < -0.3 is 14.8 Å². The van der Waals surface area contributed by atoms with Gasteiger partial charge >= 0.3 is 0 Å². The number of H-pyrrole nitrogens is 1. The Morgan fingerprint density at radius 3 is 2.96 bits per heavy atom. The molecule has 0 unspecified atom stereocenters. The van der Waals surface area contributed by atoms with Gasteiger partial charge in [0.2, 0.25) is 0 Å². The zero-order valence-electron chi connectivity index (χ0n) is 13.3. The molecule has 1 aromatic carbocycles. The summed E-state index contributed by atoms with van der Waals surface area (Å²) in [4.78, 5) is 16.1. The lowest BCUT2D eigenvalue weighted by molar-refractivity contribution is 0.0930. The summed E-state index contributed by atoms with van der Waals surface area (Å²) >= 11 is 0. The Labute approximate surface area is 134 Å². The molecule has 1 atom stereocenters. The first-order valence-corrected chi connectivity index (χ1v) is 7.98. The lowest BCUT2D eigenvalue weighted by Crippen LogP contribution is -2.31. The molecule has 1 aliphatic rings. The summed E-state index contributed by atoms with van der Waals surface area (Å²) in [6.45, 7) is 3.56. The van der Waals surface area contributed by atoms with Crippen LogP contribution in [0.15, 0.2) is 28.8 Å². The van der Waals surface area contributed by atoms with Crippen molar-refractivity contribution in [3.05, 3.63) is 52.5 Å². The third-order valence-electron chi connectivity index (χ3n) is 4.68. The zero-order chi connectivity index (χ0) is 16.0. The van der Waals surface area contributed by atoms with Crippen LogP contribution in [-0.4, -0.2) is 16.0 Å². The fraction of sp³-hybridized carbons (Fsp3) is 0.333. The third-order valence-corrected chi connectivity index (χ3v) is 4.68. The smallest absolute Gasteiger partial charge is 0.257 e. The Bertz CT molecular complexity index is 871. The summed E-state index contributed by atoms with van der Waals surface area (Å²) < 4.78 is 5.10. The van der Waals surface area contributed by atoms with Crippen LogP contribution in [0.4, 0.5) is 0 Å². The molecule has 0 aliphatic heterocycles. The van der Waals surface area contributed by atoms with Crippen molar-refractivity contribution >= 4 is 16.8 Å². The zero-order valence-corrected chi connectivity index (χ0v) is 13.3. The second-order valence-corrected chi connectivity index (χ2v) is 6.18. The molecule has 1 amide bonds. The Balaban J connectivity index is 1.68. The number of para-hydroxylation sites is 1. The van der Waals surface area contributed by atoms with E-state index in [1.54, 1.807) is 13.8 Å². The molecule has 0 fully saturated rings. The topological polar surface area (TPSA) is 70.9 Å². The van der Waals surface area contributed by atoms with Crippen LogP contribution in [-0.2, 0) is 6.42 Å². The SMILES string of the molecule is Cc1noc(C)c1C(=O)N[C@H]1CCCc2c1[nH]c1ccccc21. The van der Waals surface area contributed by atoms with Crippen LogP contribution < -0.4 is 5.32 Å². The molecule has 5 nitrogen and oxygen atoms in total. The highest BCUT2D eigenvalue weighted by atomic mass is 16.5. The molecular weight excluding hydrogens is 290 g/mol. The Morgan fingerprint density at radius 1 is 1.35 bits per heavy atom. The van der Waals surface area contributed by atoms with Gasteiger partial charge in [0, 0.05) is 16.6 Å². The number of amides is 1. The number of hydrogen-bond donors (Lipinski definition) is 2. The highest BCUT2D eigenvalue weighted by Crippen LogP contribution is 2.34. The van der Waals surface area contributed by atoms with Crippen LogP contribution in [0.25, 0.3) is 10.9 Å². The minimum atomic E-state index is -0.113. The summed E-state index contributed by atoms with van der Waals surface area (Å²) in [6.07, 6.45) is 3.06. The fourth-order valence-electron chi connectivity index (χ4n) is 3.60. The first-order chi connectivity index (χ1) is 11.1. The van der Waals surface area contributed by atoms with Gasteiger partial charge in [-0.25, -0.2) is 0 Å². The molecule has 0 spiro atoms. The lowest BCUT2D eigenvalue weighted by atomic mass is 9.91. The van der Waals surface area contributed by atoms with Crippen LogP contribution in [0.1, 0.15) is 52.0 Å². The van der Waals surface area contributed by atoms with Gasteiger partial charge in [0.15, 0.2) is 0 Å². The van der Waals surface area contributed by atoms with E-state index in [0.717, 1.165) is 30.5 Å². The number of aryl methyl sites for hydroxylation is 3. The van der Waals surface area contributed by atoms with Crippen LogP contribution in [0.5, 0.6) is 0 Å². The first-order valence-electron chi connectivity index (χ1n) is 7.98. The number of carbonyl (C=O) groups excluding carboxylic acids is 1. The monoisotopic (exact) mass is 309 g/mol. The molecule has 0 bridgehead atoms. The number of aromatic nitrogens is 2. The summed E-state index contributed by atoms with van der Waals surface area (Å²) in [6, 6.07) is 8.32. The summed E-state index contributed by atoms with van der Waals surface area (Å²) in [7, 11) is 0. The summed E-state index contributed by atoms with van der Waals surface area (Å²) in [5.74, 6) is 0.449. The van der Waals surface area contributed by atoms with E-state index in [1.165, 1.54) is 10.9 Å². The molecule has 2 aromatic heterocycles. The number of carbonyl (C=O) groups is 1. The predicted molar refractivity (Wildman–Crippen MR) is 87.4 cm³/mol. The number of rotatable bonds is 2. The van der Waals surface area contributed by atoms with Crippen molar-refractivity contribution in [3.63, 3.8) is 0 Å². The van der Waals surface area contributed by atoms with E-state index in [2.05, 4.69) is 33.7 Å². The van der Waals surface area contributed by atoms with Crippen LogP contribution in [0.2, 0.25) is 0 Å². The Morgan fingerprint density at radius 2 is 2.17 bits per heavy atom. The standard InChI is InChI=1S/C18H19N3O2/c1-10-16(11(2)23-21-10)18(22)20-15-9-5-7-13-12-6-3-4-8-14(12)19-17(13)15/h3-4,6,8,15,19H,5,7,9H2,1-2H3,(H,20,22)/t15-/m0/s1. The molecule has 1 aliphatic carbocycles. The number of nitrogens with zero attached hydrogens (tertiary/aromatic N) is 1. The molecule has 3 aromatic rings. The molecule has 2 heterocycles. The molecule has 118 valence electrons. The largest absolute Gasteiger partial charge is 0.361 e. The second-order valence-electron chi connectivity index (χ2n) is 6.18. The van der Waals surface area contributed by atoms with Crippen molar-refractivity contribution in [3.8, 4) is 0 Å². The second kappa shape index (κ2) is 5.26.